The van der Waals surface area contributed by atoms with E-state index in [0.29, 0.717) is 5.11 Å². The molecule has 0 fully saturated rings. The van der Waals surface area contributed by atoms with E-state index >= 15 is 0 Å². The van der Waals surface area contributed by atoms with Crippen LogP contribution in [-0.2, 0) is 5.75 Å². The zero-order valence-electron chi connectivity index (χ0n) is 16.5. The van der Waals surface area contributed by atoms with Crippen LogP contribution in [0.1, 0.15) is 35.2 Å². The molecule has 0 spiro atoms. The topological polar surface area (TPSA) is 24.1 Å². The Balaban J connectivity index is 1.51. The maximum atomic E-state index is 5.49. The molecule has 0 aliphatic carbocycles. The Hall–Kier alpha value is -2.30. The summed E-state index contributed by atoms with van der Waals surface area (Å²) in [6.07, 6.45) is 0. The van der Waals surface area contributed by atoms with Gasteiger partial charge in [-0.2, -0.15) is 0 Å². The SMILES string of the molecule is Cc1ccc(C(C)NC(=S)Nc2ccc(CSc3ccccc3)cc2)cc1C. The summed E-state index contributed by atoms with van der Waals surface area (Å²) in [5.41, 5.74) is 6.14. The molecule has 0 aliphatic rings. The van der Waals surface area contributed by atoms with Crippen LogP contribution in [0.2, 0.25) is 0 Å². The number of thioether (sulfide) groups is 1. The van der Waals surface area contributed by atoms with Crippen molar-refractivity contribution in [3.63, 3.8) is 0 Å². The largest absolute Gasteiger partial charge is 0.356 e. The summed E-state index contributed by atoms with van der Waals surface area (Å²) in [7, 11) is 0. The van der Waals surface area contributed by atoms with Crippen LogP contribution in [0.5, 0.6) is 0 Å². The van der Waals surface area contributed by atoms with Crippen LogP contribution in [0.3, 0.4) is 0 Å². The van der Waals surface area contributed by atoms with Gasteiger partial charge in [0.1, 0.15) is 0 Å². The van der Waals surface area contributed by atoms with Crippen molar-refractivity contribution >= 4 is 34.8 Å². The summed E-state index contributed by atoms with van der Waals surface area (Å²) in [6.45, 7) is 6.40. The van der Waals surface area contributed by atoms with Crippen LogP contribution in [0.4, 0.5) is 5.69 Å². The number of nitrogens with one attached hydrogen (secondary N) is 2. The van der Waals surface area contributed by atoms with Crippen LogP contribution < -0.4 is 10.6 Å². The van der Waals surface area contributed by atoms with Gasteiger partial charge in [0.25, 0.3) is 0 Å². The number of hydrogen-bond acceptors (Lipinski definition) is 2. The molecule has 0 heterocycles. The van der Waals surface area contributed by atoms with Gasteiger partial charge in [0, 0.05) is 16.3 Å². The van der Waals surface area contributed by atoms with E-state index in [1.807, 2.05) is 17.8 Å². The quantitative estimate of drug-likeness (QED) is 0.354. The molecule has 28 heavy (non-hydrogen) atoms. The highest BCUT2D eigenvalue weighted by Crippen LogP contribution is 2.23. The normalized spacial score (nSPS) is 11.7. The third kappa shape index (κ3) is 5.85. The molecule has 2 N–H and O–H groups in total. The van der Waals surface area contributed by atoms with Gasteiger partial charge in [-0.15, -0.1) is 11.8 Å². The van der Waals surface area contributed by atoms with Crippen LogP contribution in [0.25, 0.3) is 0 Å². The van der Waals surface area contributed by atoms with Crippen LogP contribution in [0.15, 0.2) is 77.7 Å². The van der Waals surface area contributed by atoms with Crippen molar-refractivity contribution in [1.29, 1.82) is 0 Å². The van der Waals surface area contributed by atoms with E-state index in [1.54, 1.807) is 0 Å². The number of aryl methyl sites for hydroxylation is 2. The summed E-state index contributed by atoms with van der Waals surface area (Å²) in [5.74, 6) is 0.955. The molecule has 0 bridgehead atoms. The minimum atomic E-state index is 0.154. The Kier molecular flexibility index (Phi) is 7.12. The molecule has 0 aromatic heterocycles. The van der Waals surface area contributed by atoms with E-state index in [-0.39, 0.29) is 6.04 Å². The smallest absolute Gasteiger partial charge is 0.171 e. The predicted octanol–water partition coefficient (Wildman–Crippen LogP) is 6.64. The highest BCUT2D eigenvalue weighted by atomic mass is 32.2. The van der Waals surface area contributed by atoms with E-state index in [2.05, 4.69) is 98.1 Å². The molecule has 4 heteroatoms. The van der Waals surface area contributed by atoms with Gasteiger partial charge >= 0.3 is 0 Å². The molecule has 0 amide bonds. The van der Waals surface area contributed by atoms with Crippen LogP contribution >= 0.6 is 24.0 Å². The van der Waals surface area contributed by atoms with E-state index in [4.69, 9.17) is 12.2 Å². The highest BCUT2D eigenvalue weighted by Gasteiger charge is 2.08. The summed E-state index contributed by atoms with van der Waals surface area (Å²) in [4.78, 5) is 1.29. The molecular formula is C24H26N2S2. The average Bonchev–Trinajstić information content (AvgIpc) is 2.70. The molecule has 3 aromatic rings. The fourth-order valence-electron chi connectivity index (χ4n) is 2.85. The fraction of sp³-hybridized carbons (Fsp3) is 0.208. The van der Waals surface area contributed by atoms with E-state index in [1.165, 1.54) is 27.1 Å². The second kappa shape index (κ2) is 9.76. The summed E-state index contributed by atoms with van der Waals surface area (Å²) >= 11 is 7.34. The molecule has 144 valence electrons. The monoisotopic (exact) mass is 406 g/mol. The summed E-state index contributed by atoms with van der Waals surface area (Å²) < 4.78 is 0. The van der Waals surface area contributed by atoms with Gasteiger partial charge in [0.15, 0.2) is 5.11 Å². The Bertz CT molecular complexity index is 921. The second-order valence-electron chi connectivity index (χ2n) is 6.96. The predicted molar refractivity (Wildman–Crippen MR) is 126 cm³/mol. The Labute approximate surface area is 177 Å². The van der Waals surface area contributed by atoms with Crippen molar-refractivity contribution in [1.82, 2.24) is 5.32 Å². The lowest BCUT2D eigenvalue weighted by molar-refractivity contribution is 0.721. The van der Waals surface area contributed by atoms with E-state index in [9.17, 15) is 0 Å². The van der Waals surface area contributed by atoms with E-state index < -0.39 is 0 Å². The van der Waals surface area contributed by atoms with Crippen molar-refractivity contribution in [2.45, 2.75) is 37.5 Å². The number of anilines is 1. The van der Waals surface area contributed by atoms with E-state index in [0.717, 1.165) is 11.4 Å². The first-order valence-corrected chi connectivity index (χ1v) is 10.8. The lowest BCUT2D eigenvalue weighted by Crippen LogP contribution is -2.30. The summed E-state index contributed by atoms with van der Waals surface area (Å²) in [5, 5.41) is 7.29. The number of benzene rings is 3. The molecule has 1 unspecified atom stereocenters. The van der Waals surface area contributed by atoms with Crippen molar-refractivity contribution in [2.24, 2.45) is 0 Å². The Morgan fingerprint density at radius 3 is 2.32 bits per heavy atom. The molecule has 3 aromatic carbocycles. The standard InChI is InChI=1S/C24H26N2S2/c1-17-9-12-21(15-18(17)2)19(3)25-24(27)26-22-13-10-20(11-14-22)16-28-23-7-5-4-6-8-23/h4-15,19H,16H2,1-3H3,(H2,25,26,27). The highest BCUT2D eigenvalue weighted by molar-refractivity contribution is 7.98. The number of thiocarbonyl (C=S) groups is 1. The van der Waals surface area contributed by atoms with Gasteiger partial charge in [-0.05, 0) is 79.5 Å². The molecule has 0 saturated carbocycles. The maximum Gasteiger partial charge on any atom is 0.171 e. The first kappa shape index (κ1) is 20.4. The minimum Gasteiger partial charge on any atom is -0.356 e. The van der Waals surface area contributed by atoms with Gasteiger partial charge in [-0.3, -0.25) is 0 Å². The molecule has 0 saturated heterocycles. The number of rotatable bonds is 6. The maximum absolute atomic E-state index is 5.49. The average molecular weight is 407 g/mol. The Morgan fingerprint density at radius 1 is 0.929 bits per heavy atom. The minimum absolute atomic E-state index is 0.154. The molecule has 0 radical (unpaired) electrons. The van der Waals surface area contributed by atoms with Crippen molar-refractivity contribution < 1.29 is 0 Å². The van der Waals surface area contributed by atoms with Crippen molar-refractivity contribution in [3.05, 3.63) is 95.1 Å². The molecule has 2 nitrogen and oxygen atoms in total. The first-order valence-electron chi connectivity index (χ1n) is 9.43. The molecule has 3 rings (SSSR count). The number of hydrogen-bond donors (Lipinski definition) is 2. The van der Waals surface area contributed by atoms with Gasteiger partial charge < -0.3 is 10.6 Å². The lowest BCUT2D eigenvalue weighted by atomic mass is 10.0. The fourth-order valence-corrected chi connectivity index (χ4v) is 4.02. The zero-order valence-corrected chi connectivity index (χ0v) is 18.2. The summed E-state index contributed by atoms with van der Waals surface area (Å²) in [6, 6.07) is 25.6. The van der Waals surface area contributed by atoms with Crippen molar-refractivity contribution in [2.75, 3.05) is 5.32 Å². The lowest BCUT2D eigenvalue weighted by Gasteiger charge is -2.18. The van der Waals surface area contributed by atoms with Crippen LogP contribution in [-0.4, -0.2) is 5.11 Å². The Morgan fingerprint density at radius 2 is 1.64 bits per heavy atom. The van der Waals surface area contributed by atoms with Crippen molar-refractivity contribution in [3.8, 4) is 0 Å². The third-order valence-corrected chi connectivity index (χ3v) is 6.04. The van der Waals surface area contributed by atoms with Gasteiger partial charge in [0.05, 0.1) is 6.04 Å². The first-order chi connectivity index (χ1) is 13.5. The third-order valence-electron chi connectivity index (χ3n) is 4.74. The second-order valence-corrected chi connectivity index (χ2v) is 8.42. The van der Waals surface area contributed by atoms with Gasteiger partial charge in [0.2, 0.25) is 0 Å². The molecule has 0 aliphatic heterocycles. The molecular weight excluding hydrogens is 380 g/mol. The van der Waals surface area contributed by atoms with Gasteiger partial charge in [-0.1, -0.05) is 48.5 Å². The molecule has 1 atom stereocenters. The van der Waals surface area contributed by atoms with Gasteiger partial charge in [-0.25, -0.2) is 0 Å². The zero-order chi connectivity index (χ0) is 19.9. The van der Waals surface area contributed by atoms with Crippen LogP contribution in [0, 0.1) is 13.8 Å².